The molecule has 5 heteroatoms. The molecule has 0 aliphatic rings. The van der Waals surface area contributed by atoms with Gasteiger partial charge < -0.3 is 15.4 Å². The monoisotopic (exact) mass is 252 g/mol. The van der Waals surface area contributed by atoms with Gasteiger partial charge in [0.25, 0.3) is 0 Å². The summed E-state index contributed by atoms with van der Waals surface area (Å²) in [6, 6.07) is 6.93. The number of hydrogen-bond donors (Lipinski definition) is 1. The van der Waals surface area contributed by atoms with Crippen molar-refractivity contribution in [3.05, 3.63) is 29.8 Å². The standard InChI is InChI=1S/C12H16N2O2S/c1-8(15)14(2)11(12(13)17)9-6-4-5-7-10(9)16-3/h4-7,11H,1-3H3,(H2,13,17). The van der Waals surface area contributed by atoms with Crippen LogP contribution in [0.15, 0.2) is 24.3 Å². The van der Waals surface area contributed by atoms with E-state index in [0.29, 0.717) is 5.75 Å². The lowest BCUT2D eigenvalue weighted by atomic mass is 10.0. The molecule has 2 N–H and O–H groups in total. The fraction of sp³-hybridized carbons (Fsp3) is 0.333. The maximum absolute atomic E-state index is 11.4. The molecule has 1 atom stereocenters. The van der Waals surface area contributed by atoms with E-state index in [9.17, 15) is 4.79 Å². The zero-order valence-electron chi connectivity index (χ0n) is 10.1. The molecule has 1 rings (SSSR count). The van der Waals surface area contributed by atoms with Gasteiger partial charge in [0.2, 0.25) is 5.91 Å². The van der Waals surface area contributed by atoms with Crippen molar-refractivity contribution >= 4 is 23.1 Å². The maximum atomic E-state index is 11.4. The number of carbonyl (C=O) groups is 1. The Morgan fingerprint density at radius 2 is 2.06 bits per heavy atom. The van der Waals surface area contributed by atoms with E-state index in [4.69, 9.17) is 22.7 Å². The van der Waals surface area contributed by atoms with Crippen LogP contribution in [0, 0.1) is 0 Å². The van der Waals surface area contributed by atoms with Crippen LogP contribution in [0.4, 0.5) is 0 Å². The topological polar surface area (TPSA) is 55.6 Å². The molecule has 0 saturated heterocycles. The van der Waals surface area contributed by atoms with Crippen LogP contribution in [0.25, 0.3) is 0 Å². The van der Waals surface area contributed by atoms with E-state index in [-0.39, 0.29) is 10.9 Å². The third-order valence-corrected chi connectivity index (χ3v) is 2.81. The van der Waals surface area contributed by atoms with E-state index in [0.717, 1.165) is 5.56 Å². The summed E-state index contributed by atoms with van der Waals surface area (Å²) in [5.41, 5.74) is 6.50. The lowest BCUT2D eigenvalue weighted by molar-refractivity contribution is -0.128. The molecule has 0 radical (unpaired) electrons. The smallest absolute Gasteiger partial charge is 0.220 e. The van der Waals surface area contributed by atoms with Gasteiger partial charge in [0.1, 0.15) is 16.8 Å². The molecule has 4 nitrogen and oxygen atoms in total. The first-order valence-corrected chi connectivity index (χ1v) is 5.55. The predicted octanol–water partition coefficient (Wildman–Crippen LogP) is 1.50. The Balaban J connectivity index is 3.23. The van der Waals surface area contributed by atoms with Crippen molar-refractivity contribution in [3.63, 3.8) is 0 Å². The predicted molar refractivity (Wildman–Crippen MR) is 71.0 cm³/mol. The molecule has 1 amide bonds. The molecule has 0 aliphatic carbocycles. The van der Waals surface area contributed by atoms with Gasteiger partial charge in [-0.3, -0.25) is 4.79 Å². The van der Waals surface area contributed by atoms with Crippen LogP contribution in [-0.4, -0.2) is 30.0 Å². The van der Waals surface area contributed by atoms with Crippen molar-refractivity contribution in [2.24, 2.45) is 5.73 Å². The second-order valence-corrected chi connectivity index (χ2v) is 4.15. The number of methoxy groups -OCH3 is 1. The molecule has 17 heavy (non-hydrogen) atoms. The van der Waals surface area contributed by atoms with E-state index >= 15 is 0 Å². The molecule has 0 aromatic heterocycles. The number of likely N-dealkylation sites (N-methyl/N-ethyl adjacent to an activating group) is 1. The summed E-state index contributed by atoms with van der Waals surface area (Å²) in [5.74, 6) is 0.562. The van der Waals surface area contributed by atoms with Crippen molar-refractivity contribution in [2.75, 3.05) is 14.2 Å². The van der Waals surface area contributed by atoms with Gasteiger partial charge in [0, 0.05) is 19.5 Å². The number of nitrogens with zero attached hydrogens (tertiary/aromatic N) is 1. The fourth-order valence-electron chi connectivity index (χ4n) is 1.63. The van der Waals surface area contributed by atoms with Gasteiger partial charge in [-0.2, -0.15) is 0 Å². The molecule has 0 spiro atoms. The number of hydrogen-bond acceptors (Lipinski definition) is 3. The minimum atomic E-state index is -0.446. The lowest BCUT2D eigenvalue weighted by Crippen LogP contribution is -2.37. The summed E-state index contributed by atoms with van der Waals surface area (Å²) >= 11 is 5.03. The lowest BCUT2D eigenvalue weighted by Gasteiger charge is -2.27. The number of benzene rings is 1. The molecule has 0 heterocycles. The quantitative estimate of drug-likeness (QED) is 0.825. The highest BCUT2D eigenvalue weighted by atomic mass is 32.1. The van der Waals surface area contributed by atoms with Crippen LogP contribution in [0.2, 0.25) is 0 Å². The van der Waals surface area contributed by atoms with E-state index in [1.165, 1.54) is 11.8 Å². The number of nitrogens with two attached hydrogens (primary N) is 1. The number of para-hydroxylation sites is 1. The van der Waals surface area contributed by atoms with Gasteiger partial charge in [-0.05, 0) is 6.07 Å². The van der Waals surface area contributed by atoms with Gasteiger partial charge in [-0.1, -0.05) is 30.4 Å². The molecule has 0 aliphatic heterocycles. The average Bonchev–Trinajstić information content (AvgIpc) is 2.29. The molecular weight excluding hydrogens is 236 g/mol. The zero-order valence-corrected chi connectivity index (χ0v) is 11.0. The largest absolute Gasteiger partial charge is 0.496 e. The number of thiocarbonyl (C=S) groups is 1. The molecule has 92 valence electrons. The first-order valence-electron chi connectivity index (χ1n) is 5.14. The normalized spacial score (nSPS) is 11.7. The van der Waals surface area contributed by atoms with Crippen molar-refractivity contribution < 1.29 is 9.53 Å². The first kappa shape index (κ1) is 13.4. The Kier molecular flexibility index (Phi) is 4.45. The summed E-state index contributed by atoms with van der Waals surface area (Å²) in [6.45, 7) is 1.47. The van der Waals surface area contributed by atoms with Crippen molar-refractivity contribution in [2.45, 2.75) is 13.0 Å². The second-order valence-electron chi connectivity index (χ2n) is 3.68. The van der Waals surface area contributed by atoms with E-state index in [1.807, 2.05) is 24.3 Å². The highest BCUT2D eigenvalue weighted by Gasteiger charge is 2.24. The van der Waals surface area contributed by atoms with Crippen molar-refractivity contribution in [3.8, 4) is 5.75 Å². The van der Waals surface area contributed by atoms with Crippen LogP contribution in [0.1, 0.15) is 18.5 Å². The molecule has 1 aromatic rings. The Labute approximate surface area is 106 Å². The number of rotatable bonds is 4. The Bertz CT molecular complexity index is 434. The highest BCUT2D eigenvalue weighted by molar-refractivity contribution is 7.80. The summed E-state index contributed by atoms with van der Waals surface area (Å²) in [6.07, 6.45) is 0. The minimum Gasteiger partial charge on any atom is -0.496 e. The number of amides is 1. The molecule has 0 bridgehead atoms. The van der Waals surface area contributed by atoms with Gasteiger partial charge in [-0.25, -0.2) is 0 Å². The molecule has 1 aromatic carbocycles. The van der Waals surface area contributed by atoms with Crippen LogP contribution in [0.3, 0.4) is 0 Å². The van der Waals surface area contributed by atoms with E-state index in [1.54, 1.807) is 14.2 Å². The number of ether oxygens (including phenoxy) is 1. The Morgan fingerprint density at radius 1 is 1.47 bits per heavy atom. The average molecular weight is 252 g/mol. The summed E-state index contributed by atoms with van der Waals surface area (Å²) < 4.78 is 5.25. The molecule has 0 fully saturated rings. The minimum absolute atomic E-state index is 0.103. The van der Waals surface area contributed by atoms with Crippen LogP contribution < -0.4 is 10.5 Å². The van der Waals surface area contributed by atoms with Crippen LogP contribution in [-0.2, 0) is 4.79 Å². The van der Waals surface area contributed by atoms with Gasteiger partial charge >= 0.3 is 0 Å². The third-order valence-electron chi connectivity index (χ3n) is 2.59. The Morgan fingerprint density at radius 3 is 2.53 bits per heavy atom. The third kappa shape index (κ3) is 2.94. The fourth-order valence-corrected chi connectivity index (χ4v) is 1.91. The van der Waals surface area contributed by atoms with Crippen molar-refractivity contribution in [1.82, 2.24) is 4.90 Å². The van der Waals surface area contributed by atoms with E-state index in [2.05, 4.69) is 0 Å². The van der Waals surface area contributed by atoms with Crippen LogP contribution in [0.5, 0.6) is 5.75 Å². The molecule has 0 saturated carbocycles. The summed E-state index contributed by atoms with van der Waals surface area (Å²) in [5, 5.41) is 0. The molecule has 1 unspecified atom stereocenters. The van der Waals surface area contributed by atoms with Gasteiger partial charge in [0.05, 0.1) is 7.11 Å². The highest BCUT2D eigenvalue weighted by Crippen LogP contribution is 2.28. The Hall–Kier alpha value is -1.62. The van der Waals surface area contributed by atoms with Crippen molar-refractivity contribution in [1.29, 1.82) is 0 Å². The zero-order chi connectivity index (χ0) is 13.0. The number of carbonyl (C=O) groups excluding carboxylic acids is 1. The maximum Gasteiger partial charge on any atom is 0.220 e. The van der Waals surface area contributed by atoms with Gasteiger partial charge in [-0.15, -0.1) is 0 Å². The molecular formula is C12H16N2O2S. The SMILES string of the molecule is COc1ccccc1C(C(N)=S)N(C)C(C)=O. The van der Waals surface area contributed by atoms with Gasteiger partial charge in [0.15, 0.2) is 0 Å². The summed E-state index contributed by atoms with van der Waals surface area (Å²) in [7, 11) is 3.24. The first-order chi connectivity index (χ1) is 7.99. The van der Waals surface area contributed by atoms with E-state index < -0.39 is 6.04 Å². The van der Waals surface area contributed by atoms with Crippen LogP contribution >= 0.6 is 12.2 Å². The second kappa shape index (κ2) is 5.63. The summed E-state index contributed by atoms with van der Waals surface area (Å²) in [4.78, 5) is 13.2.